The van der Waals surface area contributed by atoms with E-state index in [0.717, 1.165) is 12.8 Å². The number of alkyl halides is 1. The molecule has 5 heteroatoms. The number of aromatic amines is 1. The second-order valence-electron chi connectivity index (χ2n) is 4.06. The highest BCUT2D eigenvalue weighted by Gasteiger charge is 2.24. The van der Waals surface area contributed by atoms with E-state index in [0.29, 0.717) is 24.3 Å². The molecule has 1 aromatic rings. The molecule has 2 rings (SSSR count). The van der Waals surface area contributed by atoms with E-state index in [4.69, 9.17) is 11.6 Å². The van der Waals surface area contributed by atoms with E-state index in [9.17, 15) is 4.79 Å². The largest absolute Gasteiger partial charge is 0.348 e. The number of halogens is 1. The molecule has 0 unspecified atom stereocenters. The third kappa shape index (κ3) is 2.38. The minimum atomic E-state index is -0.125. The Labute approximate surface area is 99.6 Å². The minimum absolute atomic E-state index is 0.125. The van der Waals surface area contributed by atoms with Crippen LogP contribution in [0.1, 0.15) is 25.7 Å². The average Bonchev–Trinajstić information content (AvgIpc) is 2.80. The molecular weight excluding hydrogens is 226 g/mol. The molecule has 0 aliphatic heterocycles. The smallest absolute Gasteiger partial charge is 0.290 e. The maximum atomic E-state index is 11.7. The van der Waals surface area contributed by atoms with E-state index in [-0.39, 0.29) is 5.56 Å². The van der Waals surface area contributed by atoms with Crippen LogP contribution >= 0.6 is 11.6 Å². The highest BCUT2D eigenvalue weighted by atomic mass is 35.5. The fourth-order valence-corrected chi connectivity index (χ4v) is 2.50. The van der Waals surface area contributed by atoms with Crippen molar-refractivity contribution in [3.05, 3.63) is 22.7 Å². The van der Waals surface area contributed by atoms with Gasteiger partial charge in [0.25, 0.3) is 5.56 Å². The number of nitrogens with one attached hydrogen (secondary N) is 1. The monoisotopic (exact) mass is 241 g/mol. The Morgan fingerprint density at radius 3 is 2.88 bits per heavy atom. The molecule has 0 radical (unpaired) electrons. The second kappa shape index (κ2) is 5.34. The van der Waals surface area contributed by atoms with E-state index in [1.165, 1.54) is 12.8 Å². The standard InChI is InChI=1S/C11H16ClN3O/c12-5-8-15(9-3-1-2-4-9)10-11(16)14-7-6-13-10/h6-7,9H,1-5,8H2,(H,14,16). The number of H-pyrrole nitrogens is 1. The van der Waals surface area contributed by atoms with Gasteiger partial charge in [-0.2, -0.15) is 0 Å². The van der Waals surface area contributed by atoms with E-state index in [2.05, 4.69) is 14.9 Å². The van der Waals surface area contributed by atoms with Crippen molar-refractivity contribution in [2.75, 3.05) is 17.3 Å². The topological polar surface area (TPSA) is 49.0 Å². The zero-order chi connectivity index (χ0) is 11.4. The van der Waals surface area contributed by atoms with E-state index < -0.39 is 0 Å². The zero-order valence-corrected chi connectivity index (χ0v) is 9.91. The first-order valence-electron chi connectivity index (χ1n) is 5.69. The van der Waals surface area contributed by atoms with Gasteiger partial charge in [0.05, 0.1) is 0 Å². The highest BCUT2D eigenvalue weighted by Crippen LogP contribution is 2.25. The Bertz CT molecular complexity index is 387. The molecule has 1 saturated carbocycles. The van der Waals surface area contributed by atoms with Crippen molar-refractivity contribution in [2.24, 2.45) is 0 Å². The summed E-state index contributed by atoms with van der Waals surface area (Å²) in [6.45, 7) is 0.687. The molecule has 1 heterocycles. The second-order valence-corrected chi connectivity index (χ2v) is 4.44. The summed E-state index contributed by atoms with van der Waals surface area (Å²) >= 11 is 5.80. The van der Waals surface area contributed by atoms with Gasteiger partial charge in [0.1, 0.15) is 0 Å². The van der Waals surface area contributed by atoms with Crippen LogP contribution in [0.5, 0.6) is 0 Å². The Kier molecular flexibility index (Phi) is 3.83. The lowest BCUT2D eigenvalue weighted by atomic mass is 10.2. The van der Waals surface area contributed by atoms with Gasteiger partial charge >= 0.3 is 0 Å². The van der Waals surface area contributed by atoms with Crippen LogP contribution in [0.15, 0.2) is 17.2 Å². The molecule has 4 nitrogen and oxygen atoms in total. The summed E-state index contributed by atoms with van der Waals surface area (Å²) in [5.41, 5.74) is -0.125. The van der Waals surface area contributed by atoms with Gasteiger partial charge in [-0.1, -0.05) is 12.8 Å². The molecule has 0 saturated heterocycles. The Balaban J connectivity index is 2.24. The fourth-order valence-electron chi connectivity index (χ4n) is 2.32. The first-order valence-corrected chi connectivity index (χ1v) is 6.22. The first-order chi connectivity index (χ1) is 7.83. The van der Waals surface area contributed by atoms with Crippen LogP contribution in [-0.2, 0) is 0 Å². The van der Waals surface area contributed by atoms with Gasteiger partial charge < -0.3 is 9.88 Å². The van der Waals surface area contributed by atoms with E-state index in [1.54, 1.807) is 12.4 Å². The van der Waals surface area contributed by atoms with Gasteiger partial charge in [-0.25, -0.2) is 4.98 Å². The molecule has 0 bridgehead atoms. The van der Waals surface area contributed by atoms with Crippen molar-refractivity contribution in [2.45, 2.75) is 31.7 Å². The average molecular weight is 242 g/mol. The van der Waals surface area contributed by atoms with Crippen molar-refractivity contribution < 1.29 is 0 Å². The number of aromatic nitrogens is 2. The van der Waals surface area contributed by atoms with Gasteiger partial charge in [-0.15, -0.1) is 11.6 Å². The molecule has 1 aromatic heterocycles. The summed E-state index contributed by atoms with van der Waals surface area (Å²) in [7, 11) is 0. The van der Waals surface area contributed by atoms with Crippen molar-refractivity contribution in [1.29, 1.82) is 0 Å². The summed E-state index contributed by atoms with van der Waals surface area (Å²) in [6.07, 6.45) is 7.90. The molecule has 1 N–H and O–H groups in total. The lowest BCUT2D eigenvalue weighted by Crippen LogP contribution is -2.39. The summed E-state index contributed by atoms with van der Waals surface area (Å²) in [4.78, 5) is 20.6. The molecule has 0 amide bonds. The van der Waals surface area contributed by atoms with Crippen LogP contribution in [0, 0.1) is 0 Å². The van der Waals surface area contributed by atoms with Gasteiger partial charge in [0.2, 0.25) is 0 Å². The van der Waals surface area contributed by atoms with Crippen LogP contribution in [0.4, 0.5) is 5.82 Å². The van der Waals surface area contributed by atoms with E-state index >= 15 is 0 Å². The number of nitrogens with zero attached hydrogens (tertiary/aromatic N) is 2. The van der Waals surface area contributed by atoms with Crippen LogP contribution in [0.3, 0.4) is 0 Å². The predicted octanol–water partition coefficient (Wildman–Crippen LogP) is 1.76. The Hall–Kier alpha value is -1.03. The van der Waals surface area contributed by atoms with Gasteiger partial charge in [0.15, 0.2) is 5.82 Å². The molecule has 1 aliphatic carbocycles. The molecular formula is C11H16ClN3O. The quantitative estimate of drug-likeness (QED) is 0.818. The van der Waals surface area contributed by atoms with E-state index in [1.807, 2.05) is 0 Å². The number of hydrogen-bond acceptors (Lipinski definition) is 3. The Morgan fingerprint density at radius 1 is 1.50 bits per heavy atom. The molecule has 16 heavy (non-hydrogen) atoms. The summed E-state index contributed by atoms with van der Waals surface area (Å²) in [6, 6.07) is 0.426. The van der Waals surface area contributed by atoms with Crippen LogP contribution < -0.4 is 10.5 Å². The fraction of sp³-hybridized carbons (Fsp3) is 0.636. The number of hydrogen-bond donors (Lipinski definition) is 1. The maximum Gasteiger partial charge on any atom is 0.290 e. The summed E-state index contributed by atoms with van der Waals surface area (Å²) in [5, 5.41) is 0. The molecule has 1 aliphatic rings. The maximum absolute atomic E-state index is 11.7. The lowest BCUT2D eigenvalue weighted by Gasteiger charge is -2.28. The Morgan fingerprint density at radius 2 is 2.25 bits per heavy atom. The van der Waals surface area contributed by atoms with Crippen molar-refractivity contribution >= 4 is 17.4 Å². The van der Waals surface area contributed by atoms with Crippen LogP contribution in [-0.4, -0.2) is 28.4 Å². The third-order valence-electron chi connectivity index (χ3n) is 3.05. The SMILES string of the molecule is O=c1[nH]ccnc1N(CCCl)C1CCCC1. The number of anilines is 1. The normalized spacial score (nSPS) is 16.6. The van der Waals surface area contributed by atoms with Gasteiger partial charge in [-0.3, -0.25) is 4.79 Å². The molecule has 0 spiro atoms. The van der Waals surface area contributed by atoms with Crippen molar-refractivity contribution in [3.8, 4) is 0 Å². The zero-order valence-electron chi connectivity index (χ0n) is 9.16. The molecule has 0 aromatic carbocycles. The molecule has 88 valence electrons. The van der Waals surface area contributed by atoms with Crippen LogP contribution in [0.2, 0.25) is 0 Å². The van der Waals surface area contributed by atoms with Crippen molar-refractivity contribution in [1.82, 2.24) is 9.97 Å². The summed E-state index contributed by atoms with van der Waals surface area (Å²) < 4.78 is 0. The van der Waals surface area contributed by atoms with Gasteiger partial charge in [-0.05, 0) is 12.8 Å². The molecule has 0 atom stereocenters. The first kappa shape index (κ1) is 11.5. The van der Waals surface area contributed by atoms with Gasteiger partial charge in [0, 0.05) is 30.9 Å². The predicted molar refractivity (Wildman–Crippen MR) is 65.2 cm³/mol. The lowest BCUT2D eigenvalue weighted by molar-refractivity contribution is 0.611. The number of rotatable bonds is 4. The van der Waals surface area contributed by atoms with Crippen LogP contribution in [0.25, 0.3) is 0 Å². The minimum Gasteiger partial charge on any atom is -0.348 e. The highest BCUT2D eigenvalue weighted by molar-refractivity contribution is 6.18. The molecule has 1 fully saturated rings. The van der Waals surface area contributed by atoms with Crippen molar-refractivity contribution in [3.63, 3.8) is 0 Å². The summed E-state index contributed by atoms with van der Waals surface area (Å²) in [5.74, 6) is 1.03. The third-order valence-corrected chi connectivity index (χ3v) is 3.22.